The number of benzene rings is 3. The van der Waals surface area contributed by atoms with Gasteiger partial charge in [-0.25, -0.2) is 13.5 Å². The molecule has 0 aliphatic carbocycles. The number of carbonyl (C=O) groups is 1. The fourth-order valence-corrected chi connectivity index (χ4v) is 2.99. The van der Waals surface area contributed by atoms with Crippen LogP contribution in [0.3, 0.4) is 0 Å². The second kappa shape index (κ2) is 8.15. The summed E-state index contributed by atoms with van der Waals surface area (Å²) in [5.41, 5.74) is 1.01. The third kappa shape index (κ3) is 4.15. The number of non-ortho nitro benzene ring substituents is 1. The minimum absolute atomic E-state index is 0.0846. The van der Waals surface area contributed by atoms with Gasteiger partial charge in [0.15, 0.2) is 0 Å². The molecule has 9 heteroatoms. The van der Waals surface area contributed by atoms with E-state index < -0.39 is 22.5 Å². The average molecular weight is 420 g/mol. The van der Waals surface area contributed by atoms with Crippen LogP contribution in [-0.4, -0.2) is 20.6 Å². The van der Waals surface area contributed by atoms with Gasteiger partial charge in [-0.2, -0.15) is 5.10 Å². The zero-order valence-corrected chi connectivity index (χ0v) is 15.8. The SMILES string of the molecule is O=C(Nc1cc(F)ccc1F)c1cn(-c2ccccc2)nc1-c1ccc([N+](=O)[O-])cc1. The lowest BCUT2D eigenvalue weighted by molar-refractivity contribution is -0.384. The van der Waals surface area contributed by atoms with Crippen LogP contribution in [-0.2, 0) is 0 Å². The first kappa shape index (κ1) is 19.9. The van der Waals surface area contributed by atoms with Gasteiger partial charge in [0.1, 0.15) is 17.3 Å². The van der Waals surface area contributed by atoms with Crippen molar-refractivity contribution < 1.29 is 18.5 Å². The number of nitro benzene ring substituents is 1. The summed E-state index contributed by atoms with van der Waals surface area (Å²) in [5, 5.41) is 17.7. The van der Waals surface area contributed by atoms with Crippen LogP contribution in [0.5, 0.6) is 0 Å². The van der Waals surface area contributed by atoms with Gasteiger partial charge in [-0.15, -0.1) is 0 Å². The van der Waals surface area contributed by atoms with Crippen molar-refractivity contribution in [1.29, 1.82) is 0 Å². The molecule has 0 bridgehead atoms. The van der Waals surface area contributed by atoms with Crippen molar-refractivity contribution in [3.8, 4) is 16.9 Å². The van der Waals surface area contributed by atoms with E-state index >= 15 is 0 Å². The summed E-state index contributed by atoms with van der Waals surface area (Å²) in [7, 11) is 0. The predicted octanol–water partition coefficient (Wildman–Crippen LogP) is 4.98. The Hall–Kier alpha value is -4.40. The molecule has 1 amide bonds. The monoisotopic (exact) mass is 420 g/mol. The summed E-state index contributed by atoms with van der Waals surface area (Å²) in [4.78, 5) is 23.3. The molecule has 1 heterocycles. The number of nitro groups is 1. The second-order valence-electron chi connectivity index (χ2n) is 6.55. The van der Waals surface area contributed by atoms with Crippen molar-refractivity contribution >= 4 is 17.3 Å². The number of rotatable bonds is 5. The van der Waals surface area contributed by atoms with Gasteiger partial charge in [-0.05, 0) is 36.4 Å². The molecule has 0 atom stereocenters. The molecule has 3 aromatic carbocycles. The fraction of sp³-hybridized carbons (Fsp3) is 0. The third-order valence-corrected chi connectivity index (χ3v) is 4.51. The van der Waals surface area contributed by atoms with Crippen molar-refractivity contribution in [2.45, 2.75) is 0 Å². The van der Waals surface area contributed by atoms with E-state index in [1.807, 2.05) is 6.07 Å². The molecule has 1 aromatic heterocycles. The number of carbonyl (C=O) groups excluding carboxylic acids is 1. The summed E-state index contributed by atoms with van der Waals surface area (Å²) >= 11 is 0. The molecule has 0 aliphatic heterocycles. The zero-order chi connectivity index (χ0) is 22.0. The number of nitrogens with one attached hydrogen (secondary N) is 1. The molecule has 0 radical (unpaired) electrons. The third-order valence-electron chi connectivity index (χ3n) is 4.51. The molecule has 0 saturated carbocycles. The van der Waals surface area contributed by atoms with Crippen LogP contribution in [0.4, 0.5) is 20.2 Å². The van der Waals surface area contributed by atoms with Crippen molar-refractivity contribution in [3.05, 3.63) is 106 Å². The van der Waals surface area contributed by atoms with Gasteiger partial charge in [0.05, 0.1) is 21.9 Å². The van der Waals surface area contributed by atoms with Crippen molar-refractivity contribution in [2.75, 3.05) is 5.32 Å². The van der Waals surface area contributed by atoms with Gasteiger partial charge in [0.2, 0.25) is 0 Å². The Morgan fingerprint density at radius 3 is 2.39 bits per heavy atom. The van der Waals surface area contributed by atoms with E-state index in [-0.39, 0.29) is 22.6 Å². The first-order valence-electron chi connectivity index (χ1n) is 9.09. The molecule has 7 nitrogen and oxygen atoms in total. The summed E-state index contributed by atoms with van der Waals surface area (Å²) in [6.07, 6.45) is 1.46. The standard InChI is InChI=1S/C22H14F2N4O3/c23-15-8-11-19(24)20(12-15)25-22(29)18-13-27(16-4-2-1-3-5-16)26-21(18)14-6-9-17(10-7-14)28(30)31/h1-13H,(H,25,29). The van der Waals surface area contributed by atoms with Gasteiger partial charge < -0.3 is 5.32 Å². The van der Waals surface area contributed by atoms with Gasteiger partial charge in [-0.3, -0.25) is 14.9 Å². The van der Waals surface area contributed by atoms with Crippen LogP contribution in [0, 0.1) is 21.7 Å². The van der Waals surface area contributed by atoms with Crippen LogP contribution in [0.1, 0.15) is 10.4 Å². The molecule has 0 unspecified atom stereocenters. The van der Waals surface area contributed by atoms with E-state index in [2.05, 4.69) is 10.4 Å². The zero-order valence-electron chi connectivity index (χ0n) is 15.8. The fourth-order valence-electron chi connectivity index (χ4n) is 2.99. The molecule has 154 valence electrons. The maximum absolute atomic E-state index is 14.0. The van der Waals surface area contributed by atoms with Crippen LogP contribution < -0.4 is 5.32 Å². The normalized spacial score (nSPS) is 10.6. The first-order chi connectivity index (χ1) is 14.9. The molecule has 31 heavy (non-hydrogen) atoms. The van der Waals surface area contributed by atoms with Gasteiger partial charge >= 0.3 is 0 Å². The first-order valence-corrected chi connectivity index (χ1v) is 9.09. The summed E-state index contributed by atoms with van der Waals surface area (Å²) in [5.74, 6) is -2.20. The number of amides is 1. The molecular formula is C22H14F2N4O3. The number of nitrogens with zero attached hydrogens (tertiary/aromatic N) is 3. The van der Waals surface area contributed by atoms with Crippen molar-refractivity contribution in [2.24, 2.45) is 0 Å². The number of hydrogen-bond donors (Lipinski definition) is 1. The minimum atomic E-state index is -0.790. The van der Waals surface area contributed by atoms with Gasteiger partial charge in [0, 0.05) is 30.0 Å². The van der Waals surface area contributed by atoms with Crippen LogP contribution >= 0.6 is 0 Å². The number of halogens is 2. The van der Waals surface area contributed by atoms with Gasteiger partial charge in [0.25, 0.3) is 11.6 Å². The van der Waals surface area contributed by atoms with E-state index in [9.17, 15) is 23.7 Å². The van der Waals surface area contributed by atoms with Crippen LogP contribution in [0.2, 0.25) is 0 Å². The van der Waals surface area contributed by atoms with Crippen molar-refractivity contribution in [3.63, 3.8) is 0 Å². The topological polar surface area (TPSA) is 90.1 Å². The van der Waals surface area contributed by atoms with Crippen LogP contribution in [0.25, 0.3) is 16.9 Å². The van der Waals surface area contributed by atoms with E-state index in [4.69, 9.17) is 0 Å². The van der Waals surface area contributed by atoms with Crippen molar-refractivity contribution in [1.82, 2.24) is 9.78 Å². The Balaban J connectivity index is 1.77. The predicted molar refractivity (Wildman–Crippen MR) is 110 cm³/mol. The molecule has 0 fully saturated rings. The number of aromatic nitrogens is 2. The molecule has 0 spiro atoms. The summed E-state index contributed by atoms with van der Waals surface area (Å²) in [6.45, 7) is 0. The highest BCUT2D eigenvalue weighted by atomic mass is 19.1. The molecular weight excluding hydrogens is 406 g/mol. The molecule has 0 saturated heterocycles. The summed E-state index contributed by atoms with van der Waals surface area (Å²) < 4.78 is 28.9. The average Bonchev–Trinajstić information content (AvgIpc) is 3.23. The Morgan fingerprint density at radius 1 is 1.00 bits per heavy atom. The maximum atomic E-state index is 14.0. The van der Waals surface area contributed by atoms with E-state index in [0.717, 1.165) is 18.2 Å². The van der Waals surface area contributed by atoms with Gasteiger partial charge in [-0.1, -0.05) is 18.2 Å². The molecule has 0 aliphatic rings. The Kier molecular flexibility index (Phi) is 5.23. The maximum Gasteiger partial charge on any atom is 0.269 e. The highest BCUT2D eigenvalue weighted by molar-refractivity contribution is 6.08. The van der Waals surface area contributed by atoms with E-state index in [1.165, 1.54) is 35.1 Å². The Labute approximate surface area is 174 Å². The Morgan fingerprint density at radius 2 is 1.71 bits per heavy atom. The highest BCUT2D eigenvalue weighted by Gasteiger charge is 2.21. The number of hydrogen-bond acceptors (Lipinski definition) is 4. The molecule has 1 N–H and O–H groups in total. The van der Waals surface area contributed by atoms with E-state index in [1.54, 1.807) is 24.3 Å². The lowest BCUT2D eigenvalue weighted by Crippen LogP contribution is -2.13. The van der Waals surface area contributed by atoms with E-state index in [0.29, 0.717) is 11.3 Å². The van der Waals surface area contributed by atoms with Crippen LogP contribution in [0.15, 0.2) is 79.0 Å². The minimum Gasteiger partial charge on any atom is -0.319 e. The smallest absolute Gasteiger partial charge is 0.269 e. The lowest BCUT2D eigenvalue weighted by Gasteiger charge is -2.07. The highest BCUT2D eigenvalue weighted by Crippen LogP contribution is 2.27. The second-order valence-corrected chi connectivity index (χ2v) is 6.55. The number of para-hydroxylation sites is 1. The largest absolute Gasteiger partial charge is 0.319 e. The summed E-state index contributed by atoms with van der Waals surface area (Å²) in [6, 6.07) is 17.2. The Bertz CT molecular complexity index is 1270. The lowest BCUT2D eigenvalue weighted by atomic mass is 10.1. The molecule has 4 rings (SSSR count). The number of anilines is 1. The quantitative estimate of drug-likeness (QED) is 0.364. The molecule has 4 aromatic rings.